The minimum absolute atomic E-state index is 0.0803. The molecule has 0 aliphatic carbocycles. The Balaban J connectivity index is 2.35. The van der Waals surface area contributed by atoms with Gasteiger partial charge in [-0.3, -0.25) is 0 Å². The van der Waals surface area contributed by atoms with Crippen LogP contribution in [-0.4, -0.2) is 39.0 Å². The predicted octanol–water partition coefficient (Wildman–Crippen LogP) is 0.807. The van der Waals surface area contributed by atoms with Crippen LogP contribution in [0.3, 0.4) is 0 Å². The van der Waals surface area contributed by atoms with Crippen LogP contribution in [-0.2, 0) is 10.0 Å². The third-order valence-electron chi connectivity index (χ3n) is 3.11. The van der Waals surface area contributed by atoms with Crippen molar-refractivity contribution < 1.29 is 13.2 Å². The topological polar surface area (TPSA) is 72.6 Å². The van der Waals surface area contributed by atoms with Crippen molar-refractivity contribution in [2.24, 2.45) is 5.73 Å². The SMILES string of the molecule is COc1ccccc1S(=O)(=O)N1CCCC(N)C1. The maximum atomic E-state index is 12.5. The number of ether oxygens (including phenoxy) is 1. The van der Waals surface area contributed by atoms with E-state index in [0.29, 0.717) is 18.8 Å². The van der Waals surface area contributed by atoms with Gasteiger partial charge in [0.25, 0.3) is 0 Å². The minimum Gasteiger partial charge on any atom is -0.495 e. The van der Waals surface area contributed by atoms with Crippen LogP contribution in [0.2, 0.25) is 0 Å². The molecule has 1 fully saturated rings. The molecule has 1 aromatic carbocycles. The number of methoxy groups -OCH3 is 1. The first-order chi connectivity index (χ1) is 8.55. The molecule has 5 nitrogen and oxygen atoms in total. The van der Waals surface area contributed by atoms with Gasteiger partial charge < -0.3 is 10.5 Å². The van der Waals surface area contributed by atoms with E-state index in [4.69, 9.17) is 10.5 Å². The van der Waals surface area contributed by atoms with Gasteiger partial charge in [-0.25, -0.2) is 8.42 Å². The van der Waals surface area contributed by atoms with Crippen LogP contribution in [0.25, 0.3) is 0 Å². The van der Waals surface area contributed by atoms with E-state index in [1.165, 1.54) is 11.4 Å². The van der Waals surface area contributed by atoms with Crippen LogP contribution < -0.4 is 10.5 Å². The summed E-state index contributed by atoms with van der Waals surface area (Å²) in [7, 11) is -2.04. The normalized spacial score (nSPS) is 21.8. The van der Waals surface area contributed by atoms with Crippen molar-refractivity contribution in [3.63, 3.8) is 0 Å². The van der Waals surface area contributed by atoms with E-state index in [-0.39, 0.29) is 10.9 Å². The van der Waals surface area contributed by atoms with E-state index >= 15 is 0 Å². The Hall–Kier alpha value is -1.11. The average Bonchev–Trinajstić information content (AvgIpc) is 2.38. The smallest absolute Gasteiger partial charge is 0.246 e. The van der Waals surface area contributed by atoms with E-state index < -0.39 is 10.0 Å². The number of rotatable bonds is 3. The van der Waals surface area contributed by atoms with E-state index in [0.717, 1.165) is 12.8 Å². The van der Waals surface area contributed by atoms with Gasteiger partial charge in [-0.15, -0.1) is 0 Å². The molecule has 0 amide bonds. The first-order valence-corrected chi connectivity index (χ1v) is 7.38. The number of hydrogen-bond donors (Lipinski definition) is 1. The van der Waals surface area contributed by atoms with Gasteiger partial charge in [0.1, 0.15) is 10.6 Å². The quantitative estimate of drug-likeness (QED) is 0.882. The monoisotopic (exact) mass is 270 g/mol. The van der Waals surface area contributed by atoms with Crippen molar-refractivity contribution in [2.45, 2.75) is 23.8 Å². The number of nitrogens with zero attached hydrogens (tertiary/aromatic N) is 1. The fourth-order valence-corrected chi connectivity index (χ4v) is 3.85. The number of piperidine rings is 1. The Kier molecular flexibility index (Phi) is 3.89. The molecule has 0 saturated carbocycles. The highest BCUT2D eigenvalue weighted by Crippen LogP contribution is 2.27. The third-order valence-corrected chi connectivity index (χ3v) is 5.01. The lowest BCUT2D eigenvalue weighted by Gasteiger charge is -2.30. The van der Waals surface area contributed by atoms with Gasteiger partial charge in [-0.05, 0) is 25.0 Å². The fourth-order valence-electron chi connectivity index (χ4n) is 2.16. The maximum Gasteiger partial charge on any atom is 0.246 e. The third kappa shape index (κ3) is 2.50. The molecule has 0 aromatic heterocycles. The molecule has 100 valence electrons. The number of benzene rings is 1. The van der Waals surface area contributed by atoms with E-state index in [9.17, 15) is 8.42 Å². The first-order valence-electron chi connectivity index (χ1n) is 5.94. The summed E-state index contributed by atoms with van der Waals surface area (Å²) in [5.74, 6) is 0.372. The molecule has 1 saturated heterocycles. The predicted molar refractivity (Wildman–Crippen MR) is 69.0 cm³/mol. The van der Waals surface area contributed by atoms with E-state index in [2.05, 4.69) is 0 Å². The van der Waals surface area contributed by atoms with Crippen molar-refractivity contribution in [3.8, 4) is 5.75 Å². The van der Waals surface area contributed by atoms with Gasteiger partial charge in [0.05, 0.1) is 7.11 Å². The summed E-state index contributed by atoms with van der Waals surface area (Å²) in [6.07, 6.45) is 1.67. The second-order valence-electron chi connectivity index (χ2n) is 4.42. The molecule has 1 atom stereocenters. The maximum absolute atomic E-state index is 12.5. The molecule has 1 aliphatic rings. The lowest BCUT2D eigenvalue weighted by molar-refractivity contribution is 0.314. The van der Waals surface area contributed by atoms with Gasteiger partial charge in [-0.1, -0.05) is 12.1 Å². The van der Waals surface area contributed by atoms with Crippen molar-refractivity contribution in [1.29, 1.82) is 0 Å². The Morgan fingerprint density at radius 1 is 1.39 bits per heavy atom. The number of hydrogen-bond acceptors (Lipinski definition) is 4. The molecule has 6 heteroatoms. The molecular formula is C12H18N2O3S. The minimum atomic E-state index is -3.51. The fraction of sp³-hybridized carbons (Fsp3) is 0.500. The molecule has 1 unspecified atom stereocenters. The first kappa shape index (κ1) is 13.3. The molecule has 1 heterocycles. The zero-order chi connectivity index (χ0) is 13.2. The van der Waals surface area contributed by atoms with E-state index in [1.807, 2.05) is 0 Å². The summed E-state index contributed by atoms with van der Waals surface area (Å²) in [6, 6.07) is 6.58. The molecule has 0 spiro atoms. The van der Waals surface area contributed by atoms with Gasteiger partial charge in [0, 0.05) is 19.1 Å². The zero-order valence-corrected chi connectivity index (χ0v) is 11.2. The molecule has 1 aliphatic heterocycles. The van der Waals surface area contributed by atoms with Gasteiger partial charge in [-0.2, -0.15) is 4.31 Å². The Morgan fingerprint density at radius 3 is 2.78 bits per heavy atom. The molecular weight excluding hydrogens is 252 g/mol. The molecule has 0 radical (unpaired) electrons. The molecule has 0 bridgehead atoms. The highest BCUT2D eigenvalue weighted by Gasteiger charge is 2.30. The summed E-state index contributed by atoms with van der Waals surface area (Å²) < 4.78 is 31.6. The van der Waals surface area contributed by atoms with Crippen molar-refractivity contribution in [2.75, 3.05) is 20.2 Å². The van der Waals surface area contributed by atoms with Crippen molar-refractivity contribution >= 4 is 10.0 Å². The summed E-state index contributed by atoms with van der Waals surface area (Å²) >= 11 is 0. The van der Waals surface area contributed by atoms with Crippen molar-refractivity contribution in [1.82, 2.24) is 4.31 Å². The lowest BCUT2D eigenvalue weighted by atomic mass is 10.1. The number of nitrogens with two attached hydrogens (primary N) is 1. The standard InChI is InChI=1S/C12H18N2O3S/c1-17-11-6-2-3-7-12(11)18(15,16)14-8-4-5-10(13)9-14/h2-3,6-7,10H,4-5,8-9,13H2,1H3. The number of para-hydroxylation sites is 1. The molecule has 2 rings (SSSR count). The van der Waals surface area contributed by atoms with Gasteiger partial charge >= 0.3 is 0 Å². The Bertz CT molecular complexity index is 516. The Morgan fingerprint density at radius 2 is 2.11 bits per heavy atom. The molecule has 1 aromatic rings. The summed E-state index contributed by atoms with van der Waals surface area (Å²) in [5.41, 5.74) is 5.83. The second kappa shape index (κ2) is 5.26. The largest absolute Gasteiger partial charge is 0.495 e. The molecule has 2 N–H and O–H groups in total. The van der Waals surface area contributed by atoms with Crippen LogP contribution in [0.1, 0.15) is 12.8 Å². The summed E-state index contributed by atoms with van der Waals surface area (Å²) in [4.78, 5) is 0.210. The van der Waals surface area contributed by atoms with Crippen LogP contribution >= 0.6 is 0 Å². The highest BCUT2D eigenvalue weighted by molar-refractivity contribution is 7.89. The second-order valence-corrected chi connectivity index (χ2v) is 6.32. The van der Waals surface area contributed by atoms with Crippen LogP contribution in [0.15, 0.2) is 29.2 Å². The number of sulfonamides is 1. The van der Waals surface area contributed by atoms with Crippen LogP contribution in [0.4, 0.5) is 0 Å². The zero-order valence-electron chi connectivity index (χ0n) is 10.4. The van der Waals surface area contributed by atoms with E-state index in [1.54, 1.807) is 24.3 Å². The van der Waals surface area contributed by atoms with Gasteiger partial charge in [0.2, 0.25) is 10.0 Å². The molecule has 18 heavy (non-hydrogen) atoms. The summed E-state index contributed by atoms with van der Waals surface area (Å²) in [5, 5.41) is 0. The average molecular weight is 270 g/mol. The van der Waals surface area contributed by atoms with Crippen LogP contribution in [0, 0.1) is 0 Å². The lowest BCUT2D eigenvalue weighted by Crippen LogP contribution is -2.45. The highest BCUT2D eigenvalue weighted by atomic mass is 32.2. The van der Waals surface area contributed by atoms with Crippen molar-refractivity contribution in [3.05, 3.63) is 24.3 Å². The Labute approximate surface area is 108 Å². The summed E-state index contributed by atoms with van der Waals surface area (Å²) in [6.45, 7) is 0.897. The van der Waals surface area contributed by atoms with Crippen LogP contribution in [0.5, 0.6) is 5.75 Å². The van der Waals surface area contributed by atoms with Gasteiger partial charge in [0.15, 0.2) is 0 Å².